The van der Waals surface area contributed by atoms with Crippen LogP contribution in [0.15, 0.2) is 77.8 Å². The van der Waals surface area contributed by atoms with Crippen molar-refractivity contribution in [2.24, 2.45) is 0 Å². The summed E-state index contributed by atoms with van der Waals surface area (Å²) in [5.41, 5.74) is 1.74. The lowest BCUT2D eigenvalue weighted by Gasteiger charge is -2.19. The molecule has 2 N–H and O–H groups in total. The van der Waals surface area contributed by atoms with Gasteiger partial charge in [0.25, 0.3) is 15.9 Å². The van der Waals surface area contributed by atoms with Gasteiger partial charge in [-0.05, 0) is 61.9 Å². The maximum Gasteiger partial charge on any atom is 0.261 e. The van der Waals surface area contributed by atoms with E-state index >= 15 is 0 Å². The molecule has 31 heavy (non-hydrogen) atoms. The van der Waals surface area contributed by atoms with Crippen molar-refractivity contribution in [3.05, 3.63) is 84.1 Å². The molecule has 0 atom stereocenters. The molecule has 0 radical (unpaired) electrons. The monoisotopic (exact) mass is 438 g/mol. The molecule has 0 aliphatic heterocycles. The highest BCUT2D eigenvalue weighted by molar-refractivity contribution is 7.92. The highest BCUT2D eigenvalue weighted by Crippen LogP contribution is 2.16. The zero-order valence-electron chi connectivity index (χ0n) is 17.6. The van der Waals surface area contributed by atoms with Gasteiger partial charge >= 0.3 is 0 Å². The highest BCUT2D eigenvalue weighted by atomic mass is 32.2. The number of benzene rings is 2. The predicted octanol–water partition coefficient (Wildman–Crippen LogP) is 3.66. The van der Waals surface area contributed by atoms with Crippen molar-refractivity contribution in [1.82, 2.24) is 10.3 Å². The molecule has 1 heterocycles. The van der Waals surface area contributed by atoms with Gasteiger partial charge in [-0.1, -0.05) is 24.3 Å². The number of carbonyl (C=O) groups excluding carboxylic acids is 1. The summed E-state index contributed by atoms with van der Waals surface area (Å²) in [6.45, 7) is 6.25. The maximum atomic E-state index is 12.5. The standard InChI is InChI=1S/C23H26N4O3S/c1-3-27(4-2)22-15-10-18(16-24-22)17-25-23(28)19-11-13-21(14-12-19)31(29,30)26-20-8-6-5-7-9-20/h5-16,26H,3-4,17H2,1-2H3,(H,25,28). The first kappa shape index (κ1) is 22.3. The average Bonchev–Trinajstić information content (AvgIpc) is 2.79. The smallest absolute Gasteiger partial charge is 0.261 e. The number of pyridine rings is 1. The van der Waals surface area contributed by atoms with Crippen molar-refractivity contribution in [1.29, 1.82) is 0 Å². The second kappa shape index (κ2) is 10.1. The normalized spacial score (nSPS) is 11.0. The van der Waals surface area contributed by atoms with E-state index in [9.17, 15) is 13.2 Å². The number of anilines is 2. The molecule has 8 heteroatoms. The van der Waals surface area contributed by atoms with Gasteiger partial charge in [-0.25, -0.2) is 13.4 Å². The van der Waals surface area contributed by atoms with E-state index in [1.165, 1.54) is 24.3 Å². The molecule has 3 rings (SSSR count). The first-order valence-corrected chi connectivity index (χ1v) is 11.6. The number of hydrogen-bond donors (Lipinski definition) is 2. The van der Waals surface area contributed by atoms with Crippen LogP contribution in [0.2, 0.25) is 0 Å². The van der Waals surface area contributed by atoms with E-state index in [1.54, 1.807) is 36.5 Å². The summed E-state index contributed by atoms with van der Waals surface area (Å²) < 4.78 is 27.5. The van der Waals surface area contributed by atoms with Crippen LogP contribution in [0.25, 0.3) is 0 Å². The SMILES string of the molecule is CCN(CC)c1ccc(CNC(=O)c2ccc(S(=O)(=O)Nc3ccccc3)cc2)cn1. The number of nitrogens with zero attached hydrogens (tertiary/aromatic N) is 2. The van der Waals surface area contributed by atoms with E-state index in [-0.39, 0.29) is 10.8 Å². The summed E-state index contributed by atoms with van der Waals surface area (Å²) in [6, 6.07) is 18.3. The molecule has 0 aliphatic rings. The van der Waals surface area contributed by atoms with Crippen molar-refractivity contribution >= 4 is 27.4 Å². The first-order chi connectivity index (χ1) is 14.9. The van der Waals surface area contributed by atoms with E-state index in [2.05, 4.69) is 33.8 Å². The fourth-order valence-corrected chi connectivity index (χ4v) is 4.10. The van der Waals surface area contributed by atoms with E-state index < -0.39 is 10.0 Å². The van der Waals surface area contributed by atoms with Gasteiger partial charge in [0.2, 0.25) is 0 Å². The third-order valence-corrected chi connectivity index (χ3v) is 6.20. The Morgan fingerprint density at radius 2 is 1.61 bits per heavy atom. The summed E-state index contributed by atoms with van der Waals surface area (Å²) in [5, 5.41) is 2.83. The molecule has 0 saturated heterocycles. The third kappa shape index (κ3) is 5.82. The Labute approximate surface area is 183 Å². The second-order valence-electron chi connectivity index (χ2n) is 6.88. The summed E-state index contributed by atoms with van der Waals surface area (Å²) in [7, 11) is -3.72. The maximum absolute atomic E-state index is 12.5. The van der Waals surface area contributed by atoms with E-state index in [1.807, 2.05) is 12.1 Å². The number of nitrogens with one attached hydrogen (secondary N) is 2. The van der Waals surface area contributed by atoms with Crippen LogP contribution in [0.5, 0.6) is 0 Å². The predicted molar refractivity (Wildman–Crippen MR) is 123 cm³/mol. The third-order valence-electron chi connectivity index (χ3n) is 4.80. The van der Waals surface area contributed by atoms with Crippen LogP contribution in [0.1, 0.15) is 29.8 Å². The van der Waals surface area contributed by atoms with Gasteiger partial charge < -0.3 is 10.2 Å². The lowest BCUT2D eigenvalue weighted by atomic mass is 10.2. The zero-order valence-corrected chi connectivity index (χ0v) is 18.4. The van der Waals surface area contributed by atoms with Crippen molar-refractivity contribution < 1.29 is 13.2 Å². The minimum atomic E-state index is -3.72. The van der Waals surface area contributed by atoms with Crippen molar-refractivity contribution in [3.63, 3.8) is 0 Å². The molecule has 0 spiro atoms. The Morgan fingerprint density at radius 1 is 0.935 bits per heavy atom. The van der Waals surface area contributed by atoms with Crippen molar-refractivity contribution in [2.45, 2.75) is 25.3 Å². The molecule has 1 amide bonds. The Kier molecular flexibility index (Phi) is 7.25. The first-order valence-electron chi connectivity index (χ1n) is 10.1. The Balaban J connectivity index is 1.60. The minimum absolute atomic E-state index is 0.0871. The van der Waals surface area contributed by atoms with Crippen LogP contribution in [0.3, 0.4) is 0 Å². The Morgan fingerprint density at radius 3 is 2.19 bits per heavy atom. The summed E-state index contributed by atoms with van der Waals surface area (Å²) in [4.78, 5) is 19.1. The molecule has 2 aromatic carbocycles. The largest absolute Gasteiger partial charge is 0.357 e. The fourth-order valence-electron chi connectivity index (χ4n) is 3.05. The average molecular weight is 439 g/mol. The van der Waals surface area contributed by atoms with Gasteiger partial charge in [0.05, 0.1) is 4.90 Å². The molecule has 0 fully saturated rings. The number of carbonyl (C=O) groups is 1. The molecule has 0 bridgehead atoms. The highest BCUT2D eigenvalue weighted by Gasteiger charge is 2.15. The second-order valence-corrected chi connectivity index (χ2v) is 8.56. The molecule has 162 valence electrons. The number of rotatable bonds is 9. The molecule has 0 aliphatic carbocycles. The van der Waals surface area contributed by atoms with E-state index in [4.69, 9.17) is 0 Å². The summed E-state index contributed by atoms with van der Waals surface area (Å²) in [6.07, 6.45) is 1.75. The number of amides is 1. The van der Waals surface area contributed by atoms with Gasteiger partial charge in [-0.3, -0.25) is 9.52 Å². The summed E-state index contributed by atoms with van der Waals surface area (Å²) >= 11 is 0. The number of para-hydroxylation sites is 1. The minimum Gasteiger partial charge on any atom is -0.357 e. The molecular weight excluding hydrogens is 412 g/mol. The lowest BCUT2D eigenvalue weighted by Crippen LogP contribution is -2.24. The molecule has 1 aromatic heterocycles. The van der Waals surface area contributed by atoms with Crippen LogP contribution >= 0.6 is 0 Å². The van der Waals surface area contributed by atoms with Gasteiger partial charge in [0.1, 0.15) is 5.82 Å². The van der Waals surface area contributed by atoms with Crippen LogP contribution in [-0.4, -0.2) is 32.4 Å². The van der Waals surface area contributed by atoms with E-state index in [0.717, 1.165) is 24.5 Å². The van der Waals surface area contributed by atoms with Crippen molar-refractivity contribution in [2.75, 3.05) is 22.7 Å². The quantitative estimate of drug-likeness (QED) is 0.532. The number of aromatic nitrogens is 1. The van der Waals surface area contributed by atoms with Gasteiger partial charge in [-0.2, -0.15) is 0 Å². The van der Waals surface area contributed by atoms with Gasteiger partial charge in [-0.15, -0.1) is 0 Å². The Bertz CT molecular complexity index is 1100. The lowest BCUT2D eigenvalue weighted by molar-refractivity contribution is 0.0951. The van der Waals surface area contributed by atoms with Gasteiger partial charge in [0, 0.05) is 37.1 Å². The molecule has 7 nitrogen and oxygen atoms in total. The van der Waals surface area contributed by atoms with Crippen LogP contribution in [0, 0.1) is 0 Å². The topological polar surface area (TPSA) is 91.4 Å². The zero-order chi connectivity index (χ0) is 22.3. The number of sulfonamides is 1. The van der Waals surface area contributed by atoms with Crippen LogP contribution < -0.4 is 14.9 Å². The van der Waals surface area contributed by atoms with Crippen LogP contribution in [0.4, 0.5) is 11.5 Å². The van der Waals surface area contributed by atoms with Crippen LogP contribution in [-0.2, 0) is 16.6 Å². The molecule has 3 aromatic rings. The number of hydrogen-bond acceptors (Lipinski definition) is 5. The van der Waals surface area contributed by atoms with Gasteiger partial charge in [0.15, 0.2) is 0 Å². The fraction of sp³-hybridized carbons (Fsp3) is 0.217. The Hall–Kier alpha value is -3.39. The molecule has 0 unspecified atom stereocenters. The molecule has 0 saturated carbocycles. The molecular formula is C23H26N4O3S. The summed E-state index contributed by atoms with van der Waals surface area (Å²) in [5.74, 6) is 0.619. The van der Waals surface area contributed by atoms with Crippen molar-refractivity contribution in [3.8, 4) is 0 Å². The van der Waals surface area contributed by atoms with E-state index in [0.29, 0.717) is 17.8 Å².